The topological polar surface area (TPSA) is 26.0 Å². The Morgan fingerprint density at radius 3 is 2.53 bits per heavy atom. The molecule has 1 nitrogen and oxygen atoms in total. The molecule has 4 aliphatic rings. The lowest BCUT2D eigenvalue weighted by Gasteiger charge is -2.55. The van der Waals surface area contributed by atoms with Crippen molar-refractivity contribution in [2.24, 2.45) is 40.7 Å². The van der Waals surface area contributed by atoms with E-state index >= 15 is 0 Å². The van der Waals surface area contributed by atoms with Crippen LogP contribution in [0.15, 0.2) is 0 Å². The van der Waals surface area contributed by atoms with Gasteiger partial charge >= 0.3 is 0 Å². The van der Waals surface area contributed by atoms with Crippen molar-refractivity contribution in [2.75, 3.05) is 0 Å². The van der Waals surface area contributed by atoms with Gasteiger partial charge in [0.25, 0.3) is 0 Å². The summed E-state index contributed by atoms with van der Waals surface area (Å²) in [6.45, 7) is 2.53. The van der Waals surface area contributed by atoms with Crippen molar-refractivity contribution in [1.29, 1.82) is 0 Å². The zero-order chi connectivity index (χ0) is 13.0. The first-order valence-electron chi connectivity index (χ1n) is 8.96. The fourth-order valence-corrected chi connectivity index (χ4v) is 6.87. The van der Waals surface area contributed by atoms with Crippen molar-refractivity contribution in [1.82, 2.24) is 0 Å². The summed E-state index contributed by atoms with van der Waals surface area (Å²) in [7, 11) is 0. The van der Waals surface area contributed by atoms with Gasteiger partial charge in [0.05, 0.1) is 0 Å². The van der Waals surface area contributed by atoms with Gasteiger partial charge in [0.1, 0.15) is 0 Å². The lowest BCUT2D eigenvalue weighted by molar-refractivity contribution is -0.0530. The van der Waals surface area contributed by atoms with Crippen molar-refractivity contribution in [3.63, 3.8) is 0 Å². The van der Waals surface area contributed by atoms with Gasteiger partial charge in [-0.2, -0.15) is 0 Å². The number of fused-ring (bicyclic) bond motifs is 5. The van der Waals surface area contributed by atoms with E-state index in [1.54, 1.807) is 25.7 Å². The molecule has 0 aromatic heterocycles. The van der Waals surface area contributed by atoms with Crippen molar-refractivity contribution in [2.45, 2.75) is 77.2 Å². The first-order chi connectivity index (χ1) is 9.20. The Labute approximate surface area is 118 Å². The van der Waals surface area contributed by atoms with E-state index in [0.29, 0.717) is 11.5 Å². The Morgan fingerprint density at radius 1 is 0.789 bits per heavy atom. The van der Waals surface area contributed by atoms with E-state index in [2.05, 4.69) is 6.92 Å². The number of rotatable bonds is 0. The van der Waals surface area contributed by atoms with Crippen LogP contribution in [0.4, 0.5) is 0 Å². The lowest BCUT2D eigenvalue weighted by Crippen LogP contribution is -2.50. The standard InChI is InChI=1S/C18H31N/c1-18-11-10-14-13-5-3-2-4-12(13)6-7-15(14)16(18)8-9-17(18)19/h12-17H,2-11,19H2,1H3/t12?,13-,14+,15+,16-,17?,18-/m0/s1. The Hall–Kier alpha value is -0.0400. The largest absolute Gasteiger partial charge is 0.327 e. The Kier molecular flexibility index (Phi) is 2.99. The smallest absolute Gasteiger partial charge is 0.00957 e. The van der Waals surface area contributed by atoms with E-state index < -0.39 is 0 Å². The van der Waals surface area contributed by atoms with Crippen LogP contribution in [0.1, 0.15) is 71.1 Å². The van der Waals surface area contributed by atoms with Crippen LogP contribution >= 0.6 is 0 Å². The predicted molar refractivity (Wildman–Crippen MR) is 79.7 cm³/mol. The monoisotopic (exact) mass is 261 g/mol. The molecule has 4 rings (SSSR count). The van der Waals surface area contributed by atoms with Gasteiger partial charge < -0.3 is 5.73 Å². The van der Waals surface area contributed by atoms with Gasteiger partial charge in [-0.15, -0.1) is 0 Å². The lowest BCUT2D eigenvalue weighted by atomic mass is 9.50. The number of hydrogen-bond donors (Lipinski definition) is 1. The highest BCUT2D eigenvalue weighted by Gasteiger charge is 2.55. The molecule has 4 aliphatic carbocycles. The second-order valence-corrected chi connectivity index (χ2v) is 8.45. The minimum absolute atomic E-state index is 0.502. The highest BCUT2D eigenvalue weighted by atomic mass is 14.8. The third kappa shape index (κ3) is 1.76. The molecule has 108 valence electrons. The van der Waals surface area contributed by atoms with E-state index in [4.69, 9.17) is 5.73 Å². The minimum atomic E-state index is 0.502. The summed E-state index contributed by atoms with van der Waals surface area (Å²) < 4.78 is 0. The zero-order valence-corrected chi connectivity index (χ0v) is 12.6. The molecule has 0 aromatic rings. The molecule has 1 heteroatoms. The second kappa shape index (κ2) is 4.48. The van der Waals surface area contributed by atoms with Crippen LogP contribution in [0.25, 0.3) is 0 Å². The highest BCUT2D eigenvalue weighted by molar-refractivity contribution is 5.07. The van der Waals surface area contributed by atoms with E-state index in [1.165, 1.54) is 38.5 Å². The van der Waals surface area contributed by atoms with Crippen LogP contribution < -0.4 is 5.73 Å². The summed E-state index contributed by atoms with van der Waals surface area (Å²) in [6, 6.07) is 0.502. The quantitative estimate of drug-likeness (QED) is 0.689. The molecule has 0 amide bonds. The molecule has 4 fully saturated rings. The SMILES string of the molecule is C[C@]12CC[C@H]3[C@@H](CCC4CCCC[C@@H]43)[C@@H]1CCC2N. The van der Waals surface area contributed by atoms with Crippen molar-refractivity contribution in [3.05, 3.63) is 0 Å². The molecule has 0 aliphatic heterocycles. The van der Waals surface area contributed by atoms with Crippen LogP contribution in [0, 0.1) is 35.0 Å². The van der Waals surface area contributed by atoms with Gasteiger partial charge in [0, 0.05) is 6.04 Å². The van der Waals surface area contributed by atoms with E-state index in [-0.39, 0.29) is 0 Å². The molecular formula is C18H31N. The molecule has 2 unspecified atom stereocenters. The molecule has 19 heavy (non-hydrogen) atoms. The fourth-order valence-electron chi connectivity index (χ4n) is 6.87. The summed E-state index contributed by atoms with van der Waals surface area (Å²) in [5.41, 5.74) is 6.98. The van der Waals surface area contributed by atoms with Gasteiger partial charge in [0.15, 0.2) is 0 Å². The van der Waals surface area contributed by atoms with Gasteiger partial charge in [-0.1, -0.05) is 26.2 Å². The maximum Gasteiger partial charge on any atom is 0.00957 e. The zero-order valence-electron chi connectivity index (χ0n) is 12.6. The van der Waals surface area contributed by atoms with Gasteiger partial charge in [-0.3, -0.25) is 0 Å². The molecule has 0 radical (unpaired) electrons. The molecule has 0 heterocycles. The van der Waals surface area contributed by atoms with Gasteiger partial charge in [0.2, 0.25) is 0 Å². The normalized spacial score (nSPS) is 57.2. The van der Waals surface area contributed by atoms with Gasteiger partial charge in [-0.25, -0.2) is 0 Å². The van der Waals surface area contributed by atoms with Crippen molar-refractivity contribution >= 4 is 0 Å². The summed E-state index contributed by atoms with van der Waals surface area (Å²) in [5.74, 6) is 5.32. The van der Waals surface area contributed by atoms with Crippen LogP contribution in [-0.2, 0) is 0 Å². The molecule has 0 spiro atoms. The Balaban J connectivity index is 1.59. The van der Waals surface area contributed by atoms with Gasteiger partial charge in [-0.05, 0) is 80.0 Å². The number of nitrogens with two attached hydrogens (primary N) is 1. The highest BCUT2D eigenvalue weighted by Crippen LogP contribution is 2.61. The summed E-state index contributed by atoms with van der Waals surface area (Å²) in [4.78, 5) is 0. The molecule has 7 atom stereocenters. The summed E-state index contributed by atoms with van der Waals surface area (Å²) in [5, 5.41) is 0. The van der Waals surface area contributed by atoms with Crippen LogP contribution in [0.5, 0.6) is 0 Å². The first-order valence-corrected chi connectivity index (χ1v) is 8.96. The average molecular weight is 261 g/mol. The minimum Gasteiger partial charge on any atom is -0.327 e. The van der Waals surface area contributed by atoms with Crippen LogP contribution in [-0.4, -0.2) is 6.04 Å². The molecule has 2 N–H and O–H groups in total. The summed E-state index contributed by atoms with van der Waals surface area (Å²) in [6.07, 6.45) is 14.9. The average Bonchev–Trinajstić information content (AvgIpc) is 2.75. The van der Waals surface area contributed by atoms with Crippen molar-refractivity contribution < 1.29 is 0 Å². The fraction of sp³-hybridized carbons (Fsp3) is 1.00. The first kappa shape index (κ1) is 12.7. The molecular weight excluding hydrogens is 230 g/mol. The third-order valence-electron chi connectivity index (χ3n) is 7.95. The maximum atomic E-state index is 6.48. The molecule has 0 saturated heterocycles. The Bertz CT molecular complexity index is 352. The van der Waals surface area contributed by atoms with Crippen molar-refractivity contribution in [3.8, 4) is 0 Å². The predicted octanol–water partition coefficient (Wildman–Crippen LogP) is 4.36. The van der Waals surface area contributed by atoms with Crippen LogP contribution in [0.2, 0.25) is 0 Å². The molecule has 4 saturated carbocycles. The summed E-state index contributed by atoms with van der Waals surface area (Å²) >= 11 is 0. The van der Waals surface area contributed by atoms with Crippen LogP contribution in [0.3, 0.4) is 0 Å². The van der Waals surface area contributed by atoms with E-state index in [1.807, 2.05) is 0 Å². The Morgan fingerprint density at radius 2 is 1.63 bits per heavy atom. The molecule has 0 bridgehead atoms. The maximum absolute atomic E-state index is 6.48. The van der Waals surface area contributed by atoms with E-state index in [9.17, 15) is 0 Å². The third-order valence-corrected chi connectivity index (χ3v) is 7.95. The second-order valence-electron chi connectivity index (χ2n) is 8.45. The molecule has 0 aromatic carbocycles. The number of hydrogen-bond acceptors (Lipinski definition) is 1. The van der Waals surface area contributed by atoms with E-state index in [0.717, 1.165) is 29.6 Å².